The molecule has 2 aromatic rings. The monoisotopic (exact) mass is 463 g/mol. The van der Waals surface area contributed by atoms with Crippen molar-refractivity contribution in [1.29, 1.82) is 0 Å². The molecule has 1 saturated heterocycles. The van der Waals surface area contributed by atoms with Gasteiger partial charge in [0.05, 0.1) is 0 Å². The van der Waals surface area contributed by atoms with Crippen molar-refractivity contribution < 1.29 is 9.59 Å². The molecule has 28 heavy (non-hydrogen) atoms. The SMILES string of the molecule is CCCCC(NC(=O)c1sccc1Br)C(=O)Nc1cccc(N2CCCC2)c1. The number of halogens is 1. The summed E-state index contributed by atoms with van der Waals surface area (Å²) in [4.78, 5) is 28.4. The summed E-state index contributed by atoms with van der Waals surface area (Å²) >= 11 is 4.74. The molecule has 7 heteroatoms. The highest BCUT2D eigenvalue weighted by Gasteiger charge is 2.23. The summed E-state index contributed by atoms with van der Waals surface area (Å²) in [6.45, 7) is 4.19. The maximum atomic E-state index is 12.9. The molecule has 0 radical (unpaired) electrons. The zero-order valence-corrected chi connectivity index (χ0v) is 18.4. The number of rotatable bonds is 8. The summed E-state index contributed by atoms with van der Waals surface area (Å²) in [5, 5.41) is 7.75. The number of nitrogens with zero attached hydrogens (tertiary/aromatic N) is 1. The molecule has 1 aromatic heterocycles. The van der Waals surface area contributed by atoms with Crippen LogP contribution in [0.25, 0.3) is 0 Å². The van der Waals surface area contributed by atoms with Crippen LogP contribution in [-0.2, 0) is 4.79 Å². The zero-order chi connectivity index (χ0) is 19.9. The van der Waals surface area contributed by atoms with Crippen molar-refractivity contribution in [1.82, 2.24) is 5.32 Å². The molecular formula is C21H26BrN3O2S. The molecule has 2 amide bonds. The molecule has 1 fully saturated rings. The lowest BCUT2D eigenvalue weighted by molar-refractivity contribution is -0.118. The molecule has 1 aliphatic rings. The van der Waals surface area contributed by atoms with Crippen LogP contribution in [0.4, 0.5) is 11.4 Å². The van der Waals surface area contributed by atoms with Crippen LogP contribution in [0.15, 0.2) is 40.2 Å². The molecule has 1 aromatic carbocycles. The molecular weight excluding hydrogens is 438 g/mol. The van der Waals surface area contributed by atoms with Crippen LogP contribution < -0.4 is 15.5 Å². The number of hydrogen-bond donors (Lipinski definition) is 2. The van der Waals surface area contributed by atoms with Crippen molar-refractivity contribution in [2.24, 2.45) is 0 Å². The quantitative estimate of drug-likeness (QED) is 0.576. The van der Waals surface area contributed by atoms with Gasteiger partial charge in [-0.3, -0.25) is 9.59 Å². The Bertz CT molecular complexity index is 817. The van der Waals surface area contributed by atoms with Crippen LogP contribution >= 0.6 is 27.3 Å². The van der Waals surface area contributed by atoms with E-state index in [4.69, 9.17) is 0 Å². The molecule has 1 aliphatic heterocycles. The van der Waals surface area contributed by atoms with Crippen LogP contribution in [0.2, 0.25) is 0 Å². The van der Waals surface area contributed by atoms with E-state index < -0.39 is 6.04 Å². The van der Waals surface area contributed by atoms with Crippen LogP contribution in [0.1, 0.15) is 48.7 Å². The second-order valence-electron chi connectivity index (χ2n) is 7.00. The summed E-state index contributed by atoms with van der Waals surface area (Å²) in [5.41, 5.74) is 1.90. The van der Waals surface area contributed by atoms with Gasteiger partial charge in [-0.1, -0.05) is 25.8 Å². The smallest absolute Gasteiger partial charge is 0.263 e. The Morgan fingerprint density at radius 3 is 2.71 bits per heavy atom. The van der Waals surface area contributed by atoms with Crippen molar-refractivity contribution in [3.05, 3.63) is 45.1 Å². The predicted octanol–water partition coefficient (Wildman–Crippen LogP) is 5.04. The van der Waals surface area contributed by atoms with Gasteiger partial charge in [-0.15, -0.1) is 11.3 Å². The van der Waals surface area contributed by atoms with Gasteiger partial charge in [0.2, 0.25) is 5.91 Å². The third-order valence-corrected chi connectivity index (χ3v) is 6.71. The molecule has 1 unspecified atom stereocenters. The summed E-state index contributed by atoms with van der Waals surface area (Å²) in [6.07, 6.45) is 4.87. The maximum Gasteiger partial charge on any atom is 0.263 e. The molecule has 2 heterocycles. The Morgan fingerprint density at radius 2 is 2.04 bits per heavy atom. The average Bonchev–Trinajstić information content (AvgIpc) is 3.37. The van der Waals surface area contributed by atoms with Gasteiger partial charge < -0.3 is 15.5 Å². The molecule has 3 rings (SSSR count). The van der Waals surface area contributed by atoms with E-state index in [2.05, 4.69) is 44.5 Å². The number of carbonyl (C=O) groups is 2. The summed E-state index contributed by atoms with van der Waals surface area (Å²) in [5.74, 6) is -0.392. The molecule has 0 saturated carbocycles. The second kappa shape index (κ2) is 10.1. The fourth-order valence-corrected chi connectivity index (χ4v) is 4.80. The number of benzene rings is 1. The van der Waals surface area contributed by atoms with Crippen molar-refractivity contribution >= 4 is 50.5 Å². The molecule has 5 nitrogen and oxygen atoms in total. The van der Waals surface area contributed by atoms with E-state index >= 15 is 0 Å². The van der Waals surface area contributed by atoms with Crippen LogP contribution in [0, 0.1) is 0 Å². The number of hydrogen-bond acceptors (Lipinski definition) is 4. The van der Waals surface area contributed by atoms with E-state index in [9.17, 15) is 9.59 Å². The minimum Gasteiger partial charge on any atom is -0.371 e. The Kier molecular flexibility index (Phi) is 7.50. The number of anilines is 2. The highest BCUT2D eigenvalue weighted by atomic mass is 79.9. The van der Waals surface area contributed by atoms with Gasteiger partial charge in [0, 0.05) is 28.9 Å². The summed E-state index contributed by atoms with van der Waals surface area (Å²) in [7, 11) is 0. The van der Waals surface area contributed by atoms with Gasteiger partial charge in [0.15, 0.2) is 0 Å². The molecule has 2 N–H and O–H groups in total. The Morgan fingerprint density at radius 1 is 1.25 bits per heavy atom. The minimum absolute atomic E-state index is 0.173. The van der Waals surface area contributed by atoms with E-state index in [-0.39, 0.29) is 11.8 Å². The first kappa shape index (κ1) is 20.9. The minimum atomic E-state index is -0.558. The molecule has 0 aliphatic carbocycles. The first-order valence-electron chi connectivity index (χ1n) is 9.78. The van der Waals surface area contributed by atoms with E-state index in [1.54, 1.807) is 0 Å². The topological polar surface area (TPSA) is 61.4 Å². The van der Waals surface area contributed by atoms with Crippen LogP contribution in [0.5, 0.6) is 0 Å². The van der Waals surface area contributed by atoms with Crippen molar-refractivity contribution in [3.8, 4) is 0 Å². The first-order chi connectivity index (χ1) is 13.6. The normalized spacial score (nSPS) is 14.7. The zero-order valence-electron chi connectivity index (χ0n) is 16.0. The van der Waals surface area contributed by atoms with Gasteiger partial charge in [-0.05, 0) is 64.8 Å². The lowest BCUT2D eigenvalue weighted by Gasteiger charge is -2.20. The van der Waals surface area contributed by atoms with E-state index in [0.29, 0.717) is 11.3 Å². The average molecular weight is 464 g/mol. The number of amides is 2. The van der Waals surface area contributed by atoms with E-state index in [1.807, 2.05) is 29.6 Å². The largest absolute Gasteiger partial charge is 0.371 e. The lowest BCUT2D eigenvalue weighted by Crippen LogP contribution is -2.43. The lowest BCUT2D eigenvalue weighted by atomic mass is 10.1. The third kappa shape index (κ3) is 5.35. The summed E-state index contributed by atoms with van der Waals surface area (Å²) < 4.78 is 0.753. The number of nitrogens with one attached hydrogen (secondary N) is 2. The third-order valence-electron chi connectivity index (χ3n) is 4.88. The Labute approximate surface area is 178 Å². The standard InChI is InChI=1S/C21H26BrN3O2S/c1-2-3-9-18(24-21(27)19-17(22)10-13-28-19)20(26)23-15-7-6-8-16(14-15)25-11-4-5-12-25/h6-8,10,13-14,18H,2-5,9,11-12H2,1H3,(H,23,26)(H,24,27). The fraction of sp³-hybridized carbons (Fsp3) is 0.429. The van der Waals surface area contributed by atoms with Gasteiger partial charge in [-0.25, -0.2) is 0 Å². The van der Waals surface area contributed by atoms with E-state index in [1.165, 1.54) is 24.2 Å². The number of unbranched alkanes of at least 4 members (excludes halogenated alkanes) is 1. The van der Waals surface area contributed by atoms with Gasteiger partial charge >= 0.3 is 0 Å². The van der Waals surface area contributed by atoms with Crippen molar-refractivity contribution in [2.75, 3.05) is 23.3 Å². The van der Waals surface area contributed by atoms with Crippen LogP contribution in [-0.4, -0.2) is 30.9 Å². The molecule has 0 bridgehead atoms. The second-order valence-corrected chi connectivity index (χ2v) is 8.77. The van der Waals surface area contributed by atoms with Crippen molar-refractivity contribution in [3.63, 3.8) is 0 Å². The van der Waals surface area contributed by atoms with Gasteiger partial charge in [0.25, 0.3) is 5.91 Å². The first-order valence-corrected chi connectivity index (χ1v) is 11.5. The highest BCUT2D eigenvalue weighted by molar-refractivity contribution is 9.10. The number of carbonyl (C=O) groups excluding carboxylic acids is 2. The van der Waals surface area contributed by atoms with E-state index in [0.717, 1.165) is 41.8 Å². The highest BCUT2D eigenvalue weighted by Crippen LogP contribution is 2.24. The van der Waals surface area contributed by atoms with Crippen LogP contribution in [0.3, 0.4) is 0 Å². The number of thiophene rings is 1. The predicted molar refractivity (Wildman–Crippen MR) is 119 cm³/mol. The van der Waals surface area contributed by atoms with Gasteiger partial charge in [-0.2, -0.15) is 0 Å². The summed E-state index contributed by atoms with van der Waals surface area (Å²) in [6, 6.07) is 9.22. The molecule has 150 valence electrons. The molecule has 0 spiro atoms. The Hall–Kier alpha value is -1.86. The maximum absolute atomic E-state index is 12.9. The van der Waals surface area contributed by atoms with Crippen molar-refractivity contribution in [2.45, 2.75) is 45.1 Å². The Balaban J connectivity index is 1.68. The van der Waals surface area contributed by atoms with Gasteiger partial charge in [0.1, 0.15) is 10.9 Å². The molecule has 1 atom stereocenters. The fourth-order valence-electron chi connectivity index (χ4n) is 3.34.